The van der Waals surface area contributed by atoms with E-state index in [1.807, 2.05) is 6.07 Å². The summed E-state index contributed by atoms with van der Waals surface area (Å²) in [4.78, 5) is 14.4. The molecule has 2 aliphatic rings. The molecule has 1 aliphatic heterocycles. The Morgan fingerprint density at radius 1 is 1.36 bits per heavy atom. The van der Waals surface area contributed by atoms with E-state index in [0.717, 1.165) is 31.6 Å². The second-order valence-electron chi connectivity index (χ2n) is 6.43. The van der Waals surface area contributed by atoms with Crippen molar-refractivity contribution in [1.82, 2.24) is 5.32 Å². The van der Waals surface area contributed by atoms with Gasteiger partial charge in [-0.15, -0.1) is 23.2 Å². The number of anilines is 1. The smallest absolute Gasteiger partial charge is 0.229 e. The first-order valence-corrected chi connectivity index (χ1v) is 8.27. The molecule has 1 saturated heterocycles. The summed E-state index contributed by atoms with van der Waals surface area (Å²) in [5, 5.41) is 3.05. The minimum Gasteiger partial charge on any atom is -0.371 e. The van der Waals surface area contributed by atoms with Crippen LogP contribution in [0.5, 0.6) is 0 Å². The minimum absolute atomic E-state index is 0.0679. The summed E-state index contributed by atoms with van der Waals surface area (Å²) < 4.78 is 12.3. The van der Waals surface area contributed by atoms with Crippen LogP contribution in [0.4, 0.5) is 10.1 Å². The zero-order chi connectivity index (χ0) is 16.0. The Morgan fingerprint density at radius 2 is 2.00 bits per heavy atom. The molecule has 1 saturated carbocycles. The molecule has 3 rings (SSSR count). The van der Waals surface area contributed by atoms with Crippen molar-refractivity contribution < 1.29 is 9.18 Å². The number of benzene rings is 1. The largest absolute Gasteiger partial charge is 0.371 e. The summed E-state index contributed by atoms with van der Waals surface area (Å²) in [5.74, 6) is -0.295. The Kier molecular flexibility index (Phi) is 4.02. The van der Waals surface area contributed by atoms with E-state index in [0.29, 0.717) is 6.42 Å². The lowest BCUT2D eigenvalue weighted by Crippen LogP contribution is -2.47. The number of piperidine rings is 1. The van der Waals surface area contributed by atoms with Crippen LogP contribution in [-0.2, 0) is 4.79 Å². The number of rotatable bonds is 3. The van der Waals surface area contributed by atoms with Gasteiger partial charge in [0.2, 0.25) is 5.91 Å². The maximum atomic E-state index is 13.3. The third-order valence-electron chi connectivity index (χ3n) is 4.76. The lowest BCUT2D eigenvalue weighted by atomic mass is 10.0. The average Bonchev–Trinajstić information content (AvgIpc) is 3.00. The van der Waals surface area contributed by atoms with Gasteiger partial charge in [0.15, 0.2) is 0 Å². The zero-order valence-electron chi connectivity index (χ0n) is 12.4. The highest BCUT2D eigenvalue weighted by molar-refractivity contribution is 6.53. The second kappa shape index (κ2) is 5.57. The van der Waals surface area contributed by atoms with E-state index in [9.17, 15) is 9.18 Å². The van der Waals surface area contributed by atoms with E-state index in [-0.39, 0.29) is 17.8 Å². The summed E-state index contributed by atoms with van der Waals surface area (Å²) in [6.07, 6.45) is 2.16. The minimum atomic E-state index is -0.931. The van der Waals surface area contributed by atoms with Gasteiger partial charge in [0.05, 0.1) is 5.41 Å². The van der Waals surface area contributed by atoms with Crippen molar-refractivity contribution in [2.45, 2.75) is 36.6 Å². The molecule has 1 heterocycles. The number of carbonyl (C=O) groups excluding carboxylic acids is 1. The Labute approximate surface area is 139 Å². The first-order valence-electron chi connectivity index (χ1n) is 7.51. The van der Waals surface area contributed by atoms with Gasteiger partial charge in [-0.05, 0) is 44.4 Å². The van der Waals surface area contributed by atoms with Gasteiger partial charge in [0, 0.05) is 24.8 Å². The molecule has 0 unspecified atom stereocenters. The van der Waals surface area contributed by atoms with E-state index < -0.39 is 9.75 Å². The molecule has 22 heavy (non-hydrogen) atoms. The number of carbonyl (C=O) groups is 1. The van der Waals surface area contributed by atoms with Crippen LogP contribution in [0.2, 0.25) is 0 Å². The molecule has 1 N–H and O–H groups in total. The van der Waals surface area contributed by atoms with Crippen LogP contribution in [0, 0.1) is 11.2 Å². The highest BCUT2D eigenvalue weighted by Crippen LogP contribution is 2.63. The number of nitrogens with zero attached hydrogens (tertiary/aromatic N) is 1. The van der Waals surface area contributed by atoms with Gasteiger partial charge in [-0.3, -0.25) is 4.79 Å². The van der Waals surface area contributed by atoms with Crippen LogP contribution in [0.25, 0.3) is 0 Å². The number of halogens is 3. The molecule has 0 spiro atoms. The lowest BCUT2D eigenvalue weighted by Gasteiger charge is -2.34. The van der Waals surface area contributed by atoms with Crippen molar-refractivity contribution in [2.75, 3.05) is 18.0 Å². The first kappa shape index (κ1) is 15.9. The SMILES string of the molecule is C[C@@]1(C(=O)NC2CCN(c3cccc(F)c3)CC2)CC1(Cl)Cl. The summed E-state index contributed by atoms with van der Waals surface area (Å²) >= 11 is 12.1. The number of amides is 1. The molecular weight excluding hydrogens is 326 g/mol. The Balaban J connectivity index is 1.53. The molecule has 3 nitrogen and oxygen atoms in total. The molecule has 0 bridgehead atoms. The highest BCUT2D eigenvalue weighted by atomic mass is 35.5. The molecule has 0 radical (unpaired) electrons. The summed E-state index contributed by atoms with van der Waals surface area (Å²) in [6.45, 7) is 3.38. The second-order valence-corrected chi connectivity index (χ2v) is 7.91. The number of alkyl halides is 2. The van der Waals surface area contributed by atoms with Crippen LogP contribution in [0.1, 0.15) is 26.2 Å². The highest BCUT2D eigenvalue weighted by Gasteiger charge is 2.68. The maximum Gasteiger partial charge on any atom is 0.229 e. The fraction of sp³-hybridized carbons (Fsp3) is 0.562. The van der Waals surface area contributed by atoms with Gasteiger partial charge < -0.3 is 10.2 Å². The topological polar surface area (TPSA) is 32.3 Å². The third-order valence-corrected chi connectivity index (χ3v) is 5.86. The van der Waals surface area contributed by atoms with E-state index >= 15 is 0 Å². The summed E-state index contributed by atoms with van der Waals surface area (Å²) in [6, 6.07) is 6.73. The van der Waals surface area contributed by atoms with Crippen molar-refractivity contribution in [3.05, 3.63) is 30.1 Å². The van der Waals surface area contributed by atoms with Gasteiger partial charge in [-0.2, -0.15) is 0 Å². The van der Waals surface area contributed by atoms with Crippen LogP contribution in [0.3, 0.4) is 0 Å². The Morgan fingerprint density at radius 3 is 2.55 bits per heavy atom. The van der Waals surface area contributed by atoms with Gasteiger partial charge >= 0.3 is 0 Å². The van der Waals surface area contributed by atoms with Gasteiger partial charge in [-0.25, -0.2) is 4.39 Å². The normalized spacial score (nSPS) is 27.5. The predicted molar refractivity (Wildman–Crippen MR) is 86.9 cm³/mol. The first-order chi connectivity index (χ1) is 10.3. The van der Waals surface area contributed by atoms with Crippen molar-refractivity contribution >= 4 is 34.8 Å². The fourth-order valence-electron chi connectivity index (χ4n) is 2.95. The van der Waals surface area contributed by atoms with Crippen molar-refractivity contribution in [1.29, 1.82) is 0 Å². The summed E-state index contributed by atoms with van der Waals surface area (Å²) in [5.41, 5.74) is 0.218. The molecule has 2 fully saturated rings. The molecule has 1 aromatic rings. The molecular formula is C16H19Cl2FN2O. The molecule has 0 aromatic heterocycles. The lowest BCUT2D eigenvalue weighted by molar-refractivity contribution is -0.126. The maximum absolute atomic E-state index is 13.3. The Bertz CT molecular complexity index is 587. The fourth-order valence-corrected chi connectivity index (χ4v) is 3.65. The molecule has 6 heteroatoms. The number of hydrogen-bond donors (Lipinski definition) is 1. The molecule has 1 aromatic carbocycles. The van der Waals surface area contributed by atoms with Crippen molar-refractivity contribution in [3.63, 3.8) is 0 Å². The van der Waals surface area contributed by atoms with E-state index in [4.69, 9.17) is 23.2 Å². The standard InChI is InChI=1S/C16H19Cl2FN2O/c1-15(10-16(15,17)18)14(22)20-12-5-7-21(8-6-12)13-4-2-3-11(19)9-13/h2-4,9,12H,5-8,10H2,1H3,(H,20,22)/t15-/m0/s1. The third kappa shape index (κ3) is 2.91. The number of nitrogens with one attached hydrogen (secondary N) is 1. The monoisotopic (exact) mass is 344 g/mol. The van der Waals surface area contributed by atoms with Crippen LogP contribution in [0.15, 0.2) is 24.3 Å². The molecule has 1 atom stereocenters. The molecule has 1 aliphatic carbocycles. The van der Waals surface area contributed by atoms with Gasteiger partial charge in [0.25, 0.3) is 0 Å². The van der Waals surface area contributed by atoms with Crippen LogP contribution < -0.4 is 10.2 Å². The van der Waals surface area contributed by atoms with Crippen molar-refractivity contribution in [3.8, 4) is 0 Å². The van der Waals surface area contributed by atoms with Crippen molar-refractivity contribution in [2.24, 2.45) is 5.41 Å². The predicted octanol–water partition coefficient (Wildman–Crippen LogP) is 3.49. The van der Waals surface area contributed by atoms with Crippen LogP contribution in [-0.4, -0.2) is 29.4 Å². The summed E-state index contributed by atoms with van der Waals surface area (Å²) in [7, 11) is 0. The van der Waals surface area contributed by atoms with E-state index in [1.54, 1.807) is 19.1 Å². The molecule has 1 amide bonds. The quantitative estimate of drug-likeness (QED) is 0.851. The zero-order valence-corrected chi connectivity index (χ0v) is 13.9. The van der Waals surface area contributed by atoms with E-state index in [2.05, 4.69) is 10.2 Å². The molecule has 120 valence electrons. The van der Waals surface area contributed by atoms with Gasteiger partial charge in [0.1, 0.15) is 10.2 Å². The van der Waals surface area contributed by atoms with E-state index in [1.165, 1.54) is 6.07 Å². The van der Waals surface area contributed by atoms with Gasteiger partial charge in [-0.1, -0.05) is 6.07 Å². The average molecular weight is 345 g/mol. The van der Waals surface area contributed by atoms with Crippen LogP contribution >= 0.6 is 23.2 Å². The Hall–Kier alpha value is -1.00. The number of hydrogen-bond acceptors (Lipinski definition) is 2.